The number of nitrogens with two attached hydrogens (primary N) is 1. The highest BCUT2D eigenvalue weighted by Gasteiger charge is 2.31. The Kier molecular flexibility index (Phi) is 4.99. The molecule has 0 spiro atoms. The number of carbonyl (C=O) groups is 1. The van der Waals surface area contributed by atoms with Gasteiger partial charge in [0, 0.05) is 22.2 Å². The van der Waals surface area contributed by atoms with Gasteiger partial charge in [-0.3, -0.25) is 4.79 Å². The summed E-state index contributed by atoms with van der Waals surface area (Å²) in [5, 5.41) is 5.98. The molecule has 0 bridgehead atoms. The number of carbonyl (C=O) groups excluding carboxylic acids is 1. The summed E-state index contributed by atoms with van der Waals surface area (Å²) in [6.45, 7) is 2.11. The van der Waals surface area contributed by atoms with Gasteiger partial charge in [0.15, 0.2) is 6.04 Å². The Morgan fingerprint density at radius 1 is 1.09 bits per heavy atom. The van der Waals surface area contributed by atoms with Crippen LogP contribution in [0.15, 0.2) is 54.6 Å². The van der Waals surface area contributed by atoms with Crippen LogP contribution in [0, 0.1) is 0 Å². The molecule has 4 heteroatoms. The molecule has 3 nitrogen and oxygen atoms in total. The standard InChI is InChI=1S/C19H21ClN2O/c1-13(14-7-9-16(20)10-8-14)21-18(15-5-3-2-4-6-15)19(23)22-17-11-12-17/h2-10,13,17-18,21H,11-12H2,1H3,(H,22,23)/p+1/t13-,18+/m1/s1. The number of nitrogens with one attached hydrogen (secondary N) is 1. The third-order valence-electron chi connectivity index (χ3n) is 4.24. The quantitative estimate of drug-likeness (QED) is 0.841. The summed E-state index contributed by atoms with van der Waals surface area (Å²) in [7, 11) is 0. The van der Waals surface area contributed by atoms with Gasteiger partial charge in [0.05, 0.1) is 0 Å². The maximum Gasteiger partial charge on any atom is 0.283 e. The average molecular weight is 330 g/mol. The molecular formula is C19H22ClN2O+. The molecular weight excluding hydrogens is 308 g/mol. The lowest BCUT2D eigenvalue weighted by Gasteiger charge is -2.20. The first-order valence-corrected chi connectivity index (χ1v) is 8.47. The maximum absolute atomic E-state index is 12.7. The molecule has 1 amide bonds. The number of hydrogen-bond donors (Lipinski definition) is 2. The van der Waals surface area contributed by atoms with Gasteiger partial charge in [-0.1, -0.05) is 54.1 Å². The van der Waals surface area contributed by atoms with Gasteiger partial charge >= 0.3 is 0 Å². The van der Waals surface area contributed by atoms with Crippen LogP contribution < -0.4 is 10.6 Å². The Bertz CT molecular complexity index is 653. The van der Waals surface area contributed by atoms with Gasteiger partial charge in [-0.2, -0.15) is 0 Å². The van der Waals surface area contributed by atoms with Gasteiger partial charge < -0.3 is 10.6 Å². The topological polar surface area (TPSA) is 45.7 Å². The fourth-order valence-corrected chi connectivity index (χ4v) is 2.82. The van der Waals surface area contributed by atoms with Crippen LogP contribution in [0.1, 0.15) is 43.0 Å². The molecule has 2 atom stereocenters. The van der Waals surface area contributed by atoms with Crippen molar-refractivity contribution in [3.05, 3.63) is 70.7 Å². The minimum absolute atomic E-state index is 0.0968. The molecule has 0 radical (unpaired) electrons. The van der Waals surface area contributed by atoms with Crippen molar-refractivity contribution in [3.8, 4) is 0 Å². The first-order valence-electron chi connectivity index (χ1n) is 8.09. The molecule has 1 fully saturated rings. The number of benzene rings is 2. The second-order valence-corrected chi connectivity index (χ2v) is 6.64. The van der Waals surface area contributed by atoms with Crippen LogP contribution in [0.25, 0.3) is 0 Å². The van der Waals surface area contributed by atoms with Crippen LogP contribution in [0.4, 0.5) is 0 Å². The van der Waals surface area contributed by atoms with Crippen molar-refractivity contribution < 1.29 is 10.1 Å². The van der Waals surface area contributed by atoms with Crippen molar-refractivity contribution in [3.63, 3.8) is 0 Å². The van der Waals surface area contributed by atoms with Gasteiger partial charge in [0.2, 0.25) is 0 Å². The lowest BCUT2D eigenvalue weighted by atomic mass is 10.0. The maximum atomic E-state index is 12.7. The summed E-state index contributed by atoms with van der Waals surface area (Å²) < 4.78 is 0. The zero-order valence-corrected chi connectivity index (χ0v) is 14.0. The molecule has 0 saturated heterocycles. The van der Waals surface area contributed by atoms with Gasteiger partial charge in [-0.05, 0) is 31.9 Å². The molecule has 1 aliphatic rings. The first kappa shape index (κ1) is 16.0. The van der Waals surface area contributed by atoms with Gasteiger partial charge in [0.1, 0.15) is 6.04 Å². The van der Waals surface area contributed by atoms with Crippen LogP contribution >= 0.6 is 11.6 Å². The van der Waals surface area contributed by atoms with Crippen molar-refractivity contribution >= 4 is 17.5 Å². The molecule has 2 aromatic rings. The van der Waals surface area contributed by atoms with Crippen molar-refractivity contribution in [2.75, 3.05) is 0 Å². The SMILES string of the molecule is C[C@@H]([NH2+][C@H](C(=O)NC1CC1)c1ccccc1)c1ccc(Cl)cc1. The number of rotatable bonds is 6. The highest BCUT2D eigenvalue weighted by atomic mass is 35.5. The molecule has 1 aliphatic carbocycles. The molecule has 2 aromatic carbocycles. The number of halogens is 1. The van der Waals surface area contributed by atoms with E-state index in [9.17, 15) is 4.79 Å². The lowest BCUT2D eigenvalue weighted by Crippen LogP contribution is -2.88. The average Bonchev–Trinajstić information content (AvgIpc) is 3.37. The summed E-state index contributed by atoms with van der Waals surface area (Å²) in [6, 6.07) is 18.1. The zero-order valence-electron chi connectivity index (χ0n) is 13.2. The van der Waals surface area contributed by atoms with Gasteiger partial charge in [-0.25, -0.2) is 0 Å². The number of hydrogen-bond acceptors (Lipinski definition) is 1. The van der Waals surface area contributed by atoms with E-state index in [1.807, 2.05) is 54.6 Å². The van der Waals surface area contributed by atoms with E-state index in [2.05, 4.69) is 17.6 Å². The zero-order chi connectivity index (χ0) is 16.2. The van der Waals surface area contributed by atoms with E-state index in [-0.39, 0.29) is 18.0 Å². The Morgan fingerprint density at radius 2 is 1.74 bits per heavy atom. The third-order valence-corrected chi connectivity index (χ3v) is 4.49. The summed E-state index contributed by atoms with van der Waals surface area (Å²) in [5.74, 6) is 0.0968. The Hall–Kier alpha value is -1.84. The predicted octanol–water partition coefficient (Wildman–Crippen LogP) is 2.98. The second-order valence-electron chi connectivity index (χ2n) is 6.20. The number of quaternary nitrogens is 1. The predicted molar refractivity (Wildman–Crippen MR) is 92.1 cm³/mol. The highest BCUT2D eigenvalue weighted by Crippen LogP contribution is 2.21. The fourth-order valence-electron chi connectivity index (χ4n) is 2.70. The fraction of sp³-hybridized carbons (Fsp3) is 0.316. The van der Waals surface area contributed by atoms with E-state index in [1.165, 1.54) is 0 Å². The van der Waals surface area contributed by atoms with E-state index in [1.54, 1.807) is 0 Å². The summed E-state index contributed by atoms with van der Waals surface area (Å²) >= 11 is 5.96. The molecule has 0 aromatic heterocycles. The van der Waals surface area contributed by atoms with Gasteiger partial charge in [0.25, 0.3) is 5.91 Å². The molecule has 3 rings (SSSR count). The van der Waals surface area contributed by atoms with Crippen molar-refractivity contribution in [2.45, 2.75) is 37.9 Å². The first-order chi connectivity index (χ1) is 11.1. The third kappa shape index (κ3) is 4.34. The molecule has 1 saturated carbocycles. The Morgan fingerprint density at radius 3 is 2.35 bits per heavy atom. The lowest BCUT2D eigenvalue weighted by molar-refractivity contribution is -0.719. The van der Waals surface area contributed by atoms with E-state index >= 15 is 0 Å². The van der Waals surface area contributed by atoms with Crippen LogP contribution in [-0.4, -0.2) is 11.9 Å². The minimum atomic E-state index is -0.234. The summed E-state index contributed by atoms with van der Waals surface area (Å²) in [6.07, 6.45) is 2.19. The van der Waals surface area contributed by atoms with Crippen molar-refractivity contribution in [1.82, 2.24) is 5.32 Å². The van der Waals surface area contributed by atoms with Crippen molar-refractivity contribution in [2.24, 2.45) is 0 Å². The second kappa shape index (κ2) is 7.16. The number of amides is 1. The molecule has 120 valence electrons. The van der Waals surface area contributed by atoms with E-state index in [0.29, 0.717) is 6.04 Å². The highest BCUT2D eigenvalue weighted by molar-refractivity contribution is 6.30. The van der Waals surface area contributed by atoms with Crippen LogP contribution in [0.3, 0.4) is 0 Å². The monoisotopic (exact) mass is 329 g/mol. The van der Waals surface area contributed by atoms with Crippen LogP contribution in [0.5, 0.6) is 0 Å². The normalized spacial score (nSPS) is 16.6. The van der Waals surface area contributed by atoms with Crippen LogP contribution in [0.2, 0.25) is 5.02 Å². The molecule has 23 heavy (non-hydrogen) atoms. The smallest absolute Gasteiger partial charge is 0.283 e. The molecule has 0 heterocycles. The van der Waals surface area contributed by atoms with E-state index < -0.39 is 0 Å². The molecule has 0 aliphatic heterocycles. The molecule has 3 N–H and O–H groups in total. The molecule has 0 unspecified atom stereocenters. The summed E-state index contributed by atoms with van der Waals surface area (Å²) in [4.78, 5) is 12.7. The van der Waals surface area contributed by atoms with Gasteiger partial charge in [-0.15, -0.1) is 0 Å². The van der Waals surface area contributed by atoms with E-state index in [0.717, 1.165) is 29.0 Å². The van der Waals surface area contributed by atoms with Crippen molar-refractivity contribution in [1.29, 1.82) is 0 Å². The van der Waals surface area contributed by atoms with Crippen LogP contribution in [-0.2, 0) is 4.79 Å². The largest absolute Gasteiger partial charge is 0.348 e. The Balaban J connectivity index is 1.77. The Labute approximate surface area is 142 Å². The summed E-state index contributed by atoms with van der Waals surface area (Å²) in [5.41, 5.74) is 2.20. The van der Waals surface area contributed by atoms with E-state index in [4.69, 9.17) is 11.6 Å². The minimum Gasteiger partial charge on any atom is -0.348 e.